The third kappa shape index (κ3) is 3.38. The van der Waals surface area contributed by atoms with E-state index in [4.69, 9.17) is 5.11 Å². The number of carboxylic acids is 1. The molecule has 24 heavy (non-hydrogen) atoms. The summed E-state index contributed by atoms with van der Waals surface area (Å²) < 4.78 is 0. The molecule has 2 aromatic rings. The number of hydrogen-bond donors (Lipinski definition) is 1. The van der Waals surface area contributed by atoms with Crippen molar-refractivity contribution < 1.29 is 14.7 Å². The summed E-state index contributed by atoms with van der Waals surface area (Å²) >= 11 is 1.27. The van der Waals surface area contributed by atoms with E-state index in [9.17, 15) is 9.59 Å². The number of rotatable bonds is 3. The van der Waals surface area contributed by atoms with Gasteiger partial charge in [0.05, 0.1) is 16.2 Å². The van der Waals surface area contributed by atoms with E-state index in [-0.39, 0.29) is 11.5 Å². The fourth-order valence-corrected chi connectivity index (χ4v) is 3.16. The molecule has 2 aromatic carbocycles. The van der Waals surface area contributed by atoms with Crippen molar-refractivity contribution in [1.82, 2.24) is 4.90 Å². The maximum Gasteiger partial charge on any atom is 0.335 e. The predicted molar refractivity (Wildman–Crippen MR) is 95.3 cm³/mol. The maximum absolute atomic E-state index is 12.3. The largest absolute Gasteiger partial charge is 0.478 e. The standard InChI is InChI=1S/C18H14N2O3S/c1-20-16(21)15(10-12-6-3-2-4-7-12)24-18(20)19-14-9-5-8-13(11-14)17(22)23/h2-11H,1H3,(H,22,23). The van der Waals surface area contributed by atoms with Crippen LogP contribution < -0.4 is 0 Å². The number of amides is 1. The average Bonchev–Trinajstić information content (AvgIpc) is 2.84. The first kappa shape index (κ1) is 16.0. The van der Waals surface area contributed by atoms with E-state index in [2.05, 4.69) is 4.99 Å². The number of hydrogen-bond acceptors (Lipinski definition) is 4. The Morgan fingerprint density at radius 3 is 2.62 bits per heavy atom. The Hall–Kier alpha value is -2.86. The molecule has 1 fully saturated rings. The molecule has 6 heteroatoms. The Labute approximate surface area is 143 Å². The van der Waals surface area contributed by atoms with Crippen molar-refractivity contribution in [2.45, 2.75) is 0 Å². The van der Waals surface area contributed by atoms with E-state index in [0.29, 0.717) is 15.8 Å². The van der Waals surface area contributed by atoms with Crippen molar-refractivity contribution in [2.75, 3.05) is 7.05 Å². The zero-order chi connectivity index (χ0) is 17.1. The Morgan fingerprint density at radius 1 is 1.17 bits per heavy atom. The number of likely N-dealkylation sites (N-methyl/N-ethyl adjacent to an activating group) is 1. The monoisotopic (exact) mass is 338 g/mol. The average molecular weight is 338 g/mol. The highest BCUT2D eigenvalue weighted by molar-refractivity contribution is 8.18. The van der Waals surface area contributed by atoms with Crippen LogP contribution in [0.3, 0.4) is 0 Å². The minimum absolute atomic E-state index is 0.128. The summed E-state index contributed by atoms with van der Waals surface area (Å²) in [7, 11) is 1.65. The van der Waals surface area contributed by atoms with Crippen molar-refractivity contribution in [2.24, 2.45) is 4.99 Å². The fraction of sp³-hybridized carbons (Fsp3) is 0.0556. The lowest BCUT2D eigenvalue weighted by Gasteiger charge is -2.07. The zero-order valence-corrected chi connectivity index (χ0v) is 13.7. The summed E-state index contributed by atoms with van der Waals surface area (Å²) in [5.74, 6) is -1.14. The summed E-state index contributed by atoms with van der Waals surface area (Å²) in [6.07, 6.45) is 1.82. The molecule has 0 unspecified atom stereocenters. The molecule has 1 saturated heterocycles. The number of carbonyl (C=O) groups is 2. The number of aliphatic imine (C=N–C) groups is 1. The Bertz CT molecular complexity index is 860. The van der Waals surface area contributed by atoms with E-state index in [0.717, 1.165) is 5.56 Å². The van der Waals surface area contributed by atoms with E-state index >= 15 is 0 Å². The first-order chi connectivity index (χ1) is 11.5. The molecule has 120 valence electrons. The SMILES string of the molecule is CN1C(=O)C(=Cc2ccccc2)SC1=Nc1cccc(C(=O)O)c1. The summed E-state index contributed by atoms with van der Waals surface area (Å²) in [6.45, 7) is 0. The van der Waals surface area contributed by atoms with Gasteiger partial charge >= 0.3 is 5.97 Å². The van der Waals surface area contributed by atoms with Crippen molar-refractivity contribution in [3.05, 3.63) is 70.6 Å². The molecule has 0 spiro atoms. The lowest BCUT2D eigenvalue weighted by Crippen LogP contribution is -2.23. The number of carbonyl (C=O) groups excluding carboxylic acids is 1. The molecule has 1 aliphatic heterocycles. The number of amidine groups is 1. The Kier molecular flexibility index (Phi) is 4.48. The molecule has 1 N–H and O–H groups in total. The number of nitrogens with zero attached hydrogens (tertiary/aromatic N) is 2. The van der Waals surface area contributed by atoms with Crippen LogP contribution in [0, 0.1) is 0 Å². The summed E-state index contributed by atoms with van der Waals surface area (Å²) in [4.78, 5) is 29.8. The van der Waals surface area contributed by atoms with Gasteiger partial charge in [-0.05, 0) is 41.6 Å². The van der Waals surface area contributed by atoms with Crippen LogP contribution in [-0.2, 0) is 4.79 Å². The van der Waals surface area contributed by atoms with Gasteiger partial charge in [-0.3, -0.25) is 9.69 Å². The second kappa shape index (κ2) is 6.72. The van der Waals surface area contributed by atoms with Gasteiger partial charge in [-0.15, -0.1) is 0 Å². The van der Waals surface area contributed by atoms with Crippen LogP contribution in [-0.4, -0.2) is 34.1 Å². The van der Waals surface area contributed by atoms with Gasteiger partial charge < -0.3 is 5.11 Å². The molecule has 1 amide bonds. The van der Waals surface area contributed by atoms with Crippen molar-refractivity contribution in [1.29, 1.82) is 0 Å². The van der Waals surface area contributed by atoms with Crippen LogP contribution in [0.15, 0.2) is 64.5 Å². The fourth-order valence-electron chi connectivity index (χ4n) is 2.17. The predicted octanol–water partition coefficient (Wildman–Crippen LogP) is 3.62. The van der Waals surface area contributed by atoms with Crippen LogP contribution in [0.4, 0.5) is 5.69 Å². The van der Waals surface area contributed by atoms with Crippen molar-refractivity contribution in [3.8, 4) is 0 Å². The smallest absolute Gasteiger partial charge is 0.335 e. The molecule has 5 nitrogen and oxygen atoms in total. The van der Waals surface area contributed by atoms with Crippen molar-refractivity contribution in [3.63, 3.8) is 0 Å². The number of benzene rings is 2. The number of thioether (sulfide) groups is 1. The summed E-state index contributed by atoms with van der Waals surface area (Å²) in [6, 6.07) is 15.9. The zero-order valence-electron chi connectivity index (χ0n) is 12.8. The van der Waals surface area contributed by atoms with Crippen LogP contribution >= 0.6 is 11.8 Å². The third-order valence-electron chi connectivity index (χ3n) is 3.42. The highest BCUT2D eigenvalue weighted by Gasteiger charge is 2.30. The van der Waals surface area contributed by atoms with E-state index in [1.54, 1.807) is 19.2 Å². The molecule has 1 heterocycles. The van der Waals surface area contributed by atoms with E-state index in [1.807, 2.05) is 36.4 Å². The summed E-state index contributed by atoms with van der Waals surface area (Å²) in [5, 5.41) is 9.56. The Balaban J connectivity index is 1.90. The topological polar surface area (TPSA) is 70.0 Å². The van der Waals surface area contributed by atoms with Crippen LogP contribution in [0.1, 0.15) is 15.9 Å². The van der Waals surface area contributed by atoms with Gasteiger partial charge in [0.1, 0.15) is 0 Å². The normalized spacial score (nSPS) is 17.7. The van der Waals surface area contributed by atoms with E-state index in [1.165, 1.54) is 28.8 Å². The van der Waals surface area contributed by atoms with Gasteiger partial charge in [0.25, 0.3) is 5.91 Å². The van der Waals surface area contributed by atoms with Crippen LogP contribution in [0.25, 0.3) is 6.08 Å². The highest BCUT2D eigenvalue weighted by atomic mass is 32.2. The quantitative estimate of drug-likeness (QED) is 0.868. The molecule has 3 rings (SSSR count). The van der Waals surface area contributed by atoms with Gasteiger partial charge in [0.2, 0.25) is 0 Å². The minimum Gasteiger partial charge on any atom is -0.478 e. The maximum atomic E-state index is 12.3. The minimum atomic E-state index is -1.01. The van der Waals surface area contributed by atoms with E-state index < -0.39 is 5.97 Å². The lowest BCUT2D eigenvalue weighted by molar-refractivity contribution is -0.121. The van der Waals surface area contributed by atoms with Gasteiger partial charge in [-0.1, -0.05) is 36.4 Å². The first-order valence-electron chi connectivity index (χ1n) is 7.19. The highest BCUT2D eigenvalue weighted by Crippen LogP contribution is 2.33. The van der Waals surface area contributed by atoms with Crippen LogP contribution in [0.5, 0.6) is 0 Å². The lowest BCUT2D eigenvalue weighted by atomic mass is 10.2. The first-order valence-corrected chi connectivity index (χ1v) is 8.01. The van der Waals surface area contributed by atoms with Crippen molar-refractivity contribution >= 4 is 40.6 Å². The molecule has 0 saturated carbocycles. The molecule has 0 bridgehead atoms. The third-order valence-corrected chi connectivity index (χ3v) is 4.48. The molecule has 0 aromatic heterocycles. The molecular weight excluding hydrogens is 324 g/mol. The molecule has 0 aliphatic carbocycles. The molecular formula is C18H14N2O3S. The van der Waals surface area contributed by atoms with Gasteiger partial charge in [0.15, 0.2) is 5.17 Å². The Morgan fingerprint density at radius 2 is 1.92 bits per heavy atom. The summed E-state index contributed by atoms with van der Waals surface area (Å²) in [5.41, 5.74) is 1.60. The molecule has 1 aliphatic rings. The molecule has 0 radical (unpaired) electrons. The van der Waals surface area contributed by atoms with Gasteiger partial charge in [0, 0.05) is 7.05 Å². The second-order valence-electron chi connectivity index (χ2n) is 5.14. The number of aromatic carboxylic acids is 1. The molecule has 0 atom stereocenters. The number of carboxylic acid groups (broad SMARTS) is 1. The van der Waals surface area contributed by atoms with Gasteiger partial charge in [-0.2, -0.15) is 0 Å². The van der Waals surface area contributed by atoms with Crippen LogP contribution in [0.2, 0.25) is 0 Å². The van der Waals surface area contributed by atoms with Gasteiger partial charge in [-0.25, -0.2) is 9.79 Å². The second-order valence-corrected chi connectivity index (χ2v) is 6.14.